The molecule has 1 unspecified atom stereocenters. The van der Waals surface area contributed by atoms with Gasteiger partial charge in [-0.2, -0.15) is 0 Å². The minimum absolute atomic E-state index is 0.0133. The van der Waals surface area contributed by atoms with Gasteiger partial charge in [0.05, 0.1) is 44.6 Å². The van der Waals surface area contributed by atoms with Crippen molar-refractivity contribution in [2.24, 2.45) is 4.99 Å². The smallest absolute Gasteiger partial charge is 0.338 e. The number of ether oxygens (including phenoxy) is 4. The molecule has 0 aromatic heterocycles. The van der Waals surface area contributed by atoms with Gasteiger partial charge in [-0.3, -0.25) is 4.79 Å². The van der Waals surface area contributed by atoms with E-state index in [2.05, 4.69) is 10.3 Å². The minimum Gasteiger partial charge on any atom is -0.497 e. The van der Waals surface area contributed by atoms with Crippen LogP contribution in [0.5, 0.6) is 11.5 Å². The van der Waals surface area contributed by atoms with Crippen LogP contribution in [0.15, 0.2) is 45.6 Å². The van der Waals surface area contributed by atoms with Gasteiger partial charge in [-0.15, -0.1) is 0 Å². The molecule has 1 N–H and O–H groups in total. The summed E-state index contributed by atoms with van der Waals surface area (Å²) < 4.78 is 21.6. The van der Waals surface area contributed by atoms with E-state index in [4.69, 9.17) is 18.9 Å². The summed E-state index contributed by atoms with van der Waals surface area (Å²) in [4.78, 5) is 32.5. The number of fused-ring (bicyclic) bond motifs is 1. The van der Waals surface area contributed by atoms with Crippen molar-refractivity contribution in [3.63, 3.8) is 0 Å². The van der Waals surface area contributed by atoms with Crippen molar-refractivity contribution < 1.29 is 28.5 Å². The van der Waals surface area contributed by atoms with E-state index in [0.29, 0.717) is 33.5 Å². The van der Waals surface area contributed by atoms with E-state index in [9.17, 15) is 9.59 Å². The number of methoxy groups -OCH3 is 3. The number of benzene rings is 1. The van der Waals surface area contributed by atoms with E-state index >= 15 is 0 Å². The zero-order chi connectivity index (χ0) is 24.8. The Hall–Kier alpha value is -2.98. The van der Waals surface area contributed by atoms with Gasteiger partial charge >= 0.3 is 5.97 Å². The van der Waals surface area contributed by atoms with Crippen molar-refractivity contribution in [3.8, 4) is 11.5 Å². The van der Waals surface area contributed by atoms with Gasteiger partial charge in [-0.1, -0.05) is 11.8 Å². The number of amides is 1. The fraction of sp³-hybridized carbons (Fsp3) is 0.458. The van der Waals surface area contributed by atoms with E-state index in [-0.39, 0.29) is 31.6 Å². The molecule has 0 radical (unpaired) electrons. The second-order valence-corrected chi connectivity index (χ2v) is 8.87. The van der Waals surface area contributed by atoms with Crippen LogP contribution in [0.4, 0.5) is 0 Å². The summed E-state index contributed by atoms with van der Waals surface area (Å²) >= 11 is 1.41. The number of carbonyl (C=O) groups excluding carboxylic acids is 2. The molecular weight excluding hydrogens is 458 g/mol. The predicted octanol–water partition coefficient (Wildman–Crippen LogP) is 3.38. The van der Waals surface area contributed by atoms with Crippen LogP contribution >= 0.6 is 11.8 Å². The van der Waals surface area contributed by atoms with Gasteiger partial charge in [0, 0.05) is 24.4 Å². The SMILES string of the molecule is COCCOC(=O)C1=C(C)N=C2SC=C(CC(=O)NC(C)C)N2C1c1cc(OC)ccc1OC. The summed E-state index contributed by atoms with van der Waals surface area (Å²) in [5, 5.41) is 5.49. The fourth-order valence-electron chi connectivity index (χ4n) is 3.81. The molecule has 0 saturated heterocycles. The van der Waals surface area contributed by atoms with Crippen LogP contribution < -0.4 is 14.8 Å². The number of hydrogen-bond acceptors (Lipinski definition) is 9. The second kappa shape index (κ2) is 11.4. The topological polar surface area (TPSA) is 98.7 Å². The molecule has 1 amide bonds. The molecule has 0 bridgehead atoms. The first-order valence-corrected chi connectivity index (χ1v) is 11.8. The summed E-state index contributed by atoms with van der Waals surface area (Å²) in [7, 11) is 4.69. The second-order valence-electron chi connectivity index (χ2n) is 8.03. The maximum atomic E-state index is 13.3. The maximum Gasteiger partial charge on any atom is 0.338 e. The molecule has 0 aliphatic carbocycles. The standard InChI is InChI=1S/C24H31N3O6S/c1-14(2)25-20(28)11-16-13-34-24-26-15(3)21(23(29)33-10-9-30-4)22(27(16)24)18-12-17(31-5)7-8-19(18)32-6/h7-8,12-14,22H,9-11H2,1-6H3,(H,25,28). The van der Waals surface area contributed by atoms with Crippen molar-refractivity contribution in [1.29, 1.82) is 0 Å². The average molecular weight is 490 g/mol. The minimum atomic E-state index is -0.624. The van der Waals surface area contributed by atoms with Gasteiger partial charge in [-0.05, 0) is 44.4 Å². The van der Waals surface area contributed by atoms with Crippen LogP contribution in [0.2, 0.25) is 0 Å². The first-order chi connectivity index (χ1) is 16.3. The van der Waals surface area contributed by atoms with E-state index < -0.39 is 12.0 Å². The summed E-state index contributed by atoms with van der Waals surface area (Å²) in [6.07, 6.45) is 0.137. The molecular formula is C24H31N3O6S. The van der Waals surface area contributed by atoms with Crippen LogP contribution in [0.3, 0.4) is 0 Å². The van der Waals surface area contributed by atoms with Crippen LogP contribution in [-0.2, 0) is 19.1 Å². The lowest BCUT2D eigenvalue weighted by atomic mass is 9.92. The highest BCUT2D eigenvalue weighted by Crippen LogP contribution is 2.47. The van der Waals surface area contributed by atoms with Crippen LogP contribution in [-0.4, -0.2) is 62.5 Å². The molecule has 3 rings (SSSR count). The van der Waals surface area contributed by atoms with Gasteiger partial charge in [0.25, 0.3) is 0 Å². The van der Waals surface area contributed by atoms with E-state index in [1.54, 1.807) is 40.4 Å². The monoisotopic (exact) mass is 489 g/mol. The quantitative estimate of drug-likeness (QED) is 0.395. The number of nitrogens with one attached hydrogen (secondary N) is 1. The lowest BCUT2D eigenvalue weighted by Gasteiger charge is -2.37. The number of allylic oxidation sites excluding steroid dienone is 1. The molecule has 1 atom stereocenters. The maximum absolute atomic E-state index is 13.3. The first-order valence-electron chi connectivity index (χ1n) is 10.9. The Kier molecular flexibility index (Phi) is 8.62. The molecule has 1 aromatic carbocycles. The normalized spacial score (nSPS) is 17.3. The van der Waals surface area contributed by atoms with E-state index in [1.165, 1.54) is 11.8 Å². The molecule has 184 valence electrons. The molecule has 2 aliphatic heterocycles. The van der Waals surface area contributed by atoms with Crippen molar-refractivity contribution in [2.45, 2.75) is 39.3 Å². The molecule has 9 nitrogen and oxygen atoms in total. The predicted molar refractivity (Wildman–Crippen MR) is 131 cm³/mol. The Morgan fingerprint density at radius 3 is 2.59 bits per heavy atom. The van der Waals surface area contributed by atoms with Crippen LogP contribution in [0, 0.1) is 0 Å². The van der Waals surface area contributed by atoms with Gasteiger partial charge < -0.3 is 29.2 Å². The molecule has 34 heavy (non-hydrogen) atoms. The number of aliphatic imine (C=N–C) groups is 1. The van der Waals surface area contributed by atoms with E-state index in [1.807, 2.05) is 30.2 Å². The highest BCUT2D eigenvalue weighted by molar-refractivity contribution is 8.16. The largest absolute Gasteiger partial charge is 0.497 e. The Morgan fingerprint density at radius 1 is 1.18 bits per heavy atom. The molecule has 0 fully saturated rings. The fourth-order valence-corrected chi connectivity index (χ4v) is 4.78. The third kappa shape index (κ3) is 5.56. The van der Waals surface area contributed by atoms with Crippen molar-refractivity contribution >= 4 is 28.8 Å². The van der Waals surface area contributed by atoms with Gasteiger partial charge in [0.15, 0.2) is 5.17 Å². The van der Waals surface area contributed by atoms with Crippen molar-refractivity contribution in [2.75, 3.05) is 34.5 Å². The Morgan fingerprint density at radius 2 is 1.94 bits per heavy atom. The number of thioether (sulfide) groups is 1. The van der Waals surface area contributed by atoms with Crippen molar-refractivity contribution in [3.05, 3.63) is 46.1 Å². The summed E-state index contributed by atoms with van der Waals surface area (Å²) in [5.74, 6) is 0.564. The zero-order valence-corrected chi connectivity index (χ0v) is 21.2. The van der Waals surface area contributed by atoms with E-state index in [0.717, 1.165) is 5.70 Å². The lowest BCUT2D eigenvalue weighted by Crippen LogP contribution is -2.39. The number of hydrogen-bond donors (Lipinski definition) is 1. The lowest BCUT2D eigenvalue weighted by molar-refractivity contribution is -0.141. The summed E-state index contributed by atoms with van der Waals surface area (Å²) in [6.45, 7) is 5.99. The summed E-state index contributed by atoms with van der Waals surface area (Å²) in [6, 6.07) is 4.80. The highest BCUT2D eigenvalue weighted by Gasteiger charge is 2.42. The third-order valence-corrected chi connectivity index (χ3v) is 6.15. The van der Waals surface area contributed by atoms with Gasteiger partial charge in [0.2, 0.25) is 5.91 Å². The number of nitrogens with zero attached hydrogens (tertiary/aromatic N) is 2. The number of carbonyl (C=O) groups is 2. The average Bonchev–Trinajstić information content (AvgIpc) is 3.18. The molecule has 2 aliphatic rings. The molecule has 1 aromatic rings. The van der Waals surface area contributed by atoms with Gasteiger partial charge in [0.1, 0.15) is 18.1 Å². The van der Waals surface area contributed by atoms with Crippen LogP contribution in [0.1, 0.15) is 38.8 Å². The molecule has 2 heterocycles. The zero-order valence-electron chi connectivity index (χ0n) is 20.3. The Bertz CT molecular complexity index is 1030. The molecule has 10 heteroatoms. The number of amidine groups is 1. The molecule has 0 spiro atoms. The van der Waals surface area contributed by atoms with Gasteiger partial charge in [-0.25, -0.2) is 9.79 Å². The van der Waals surface area contributed by atoms with Crippen molar-refractivity contribution in [1.82, 2.24) is 10.2 Å². The molecule has 0 saturated carbocycles. The third-order valence-electron chi connectivity index (χ3n) is 5.26. The Labute approximate surface area is 204 Å². The highest BCUT2D eigenvalue weighted by atomic mass is 32.2. The Balaban J connectivity index is 2.09. The summed E-state index contributed by atoms with van der Waals surface area (Å²) in [5.41, 5.74) is 2.33. The number of esters is 1. The number of rotatable bonds is 10. The van der Waals surface area contributed by atoms with Crippen LogP contribution in [0.25, 0.3) is 0 Å². The first kappa shape index (κ1) is 25.6.